The lowest BCUT2D eigenvalue weighted by Crippen LogP contribution is -2.05. The van der Waals surface area contributed by atoms with Crippen LogP contribution in [0.1, 0.15) is 24.1 Å². The Balaban J connectivity index is 0.00000144. The van der Waals surface area contributed by atoms with Crippen molar-refractivity contribution >= 4 is 18.1 Å². The molecule has 1 atom stereocenters. The van der Waals surface area contributed by atoms with Gasteiger partial charge >= 0.3 is 0 Å². The average molecular weight is 198 g/mol. The van der Waals surface area contributed by atoms with Crippen molar-refractivity contribution in [3.63, 3.8) is 0 Å². The predicted molar refractivity (Wildman–Crippen MR) is 55.4 cm³/mol. The number of anilines is 1. The number of halogens is 1. The zero-order valence-electron chi connectivity index (χ0n) is 7.32. The third kappa shape index (κ3) is 2.94. The number of nitriles is 1. The van der Waals surface area contributed by atoms with Gasteiger partial charge in [0.05, 0.1) is 11.6 Å². The summed E-state index contributed by atoms with van der Waals surface area (Å²) < 4.78 is 0. The van der Waals surface area contributed by atoms with Crippen LogP contribution in [0.25, 0.3) is 0 Å². The summed E-state index contributed by atoms with van der Waals surface area (Å²) in [6, 6.07) is 7.11. The van der Waals surface area contributed by atoms with Crippen molar-refractivity contribution in [2.24, 2.45) is 5.73 Å². The van der Waals surface area contributed by atoms with E-state index in [2.05, 4.69) is 0 Å². The molecule has 0 aromatic heterocycles. The van der Waals surface area contributed by atoms with Gasteiger partial charge in [-0.2, -0.15) is 5.26 Å². The van der Waals surface area contributed by atoms with E-state index in [0.717, 1.165) is 5.56 Å². The first-order chi connectivity index (χ1) is 5.63. The molecule has 0 heterocycles. The molecule has 4 heteroatoms. The minimum atomic E-state index is -0.0828. The molecular weight excluding hydrogens is 186 g/mol. The fourth-order valence-corrected chi connectivity index (χ4v) is 1.00. The molecule has 0 fully saturated rings. The van der Waals surface area contributed by atoms with Crippen LogP contribution in [0, 0.1) is 11.3 Å². The topological polar surface area (TPSA) is 75.8 Å². The monoisotopic (exact) mass is 197 g/mol. The zero-order valence-corrected chi connectivity index (χ0v) is 8.14. The molecule has 0 aliphatic rings. The van der Waals surface area contributed by atoms with E-state index in [-0.39, 0.29) is 18.4 Å². The van der Waals surface area contributed by atoms with Gasteiger partial charge in [0.1, 0.15) is 0 Å². The summed E-state index contributed by atoms with van der Waals surface area (Å²) in [7, 11) is 0. The molecular formula is C9H12ClN3. The summed E-state index contributed by atoms with van der Waals surface area (Å²) in [6.07, 6.45) is 0. The van der Waals surface area contributed by atoms with Crippen LogP contribution >= 0.6 is 12.4 Å². The smallest absolute Gasteiger partial charge is 0.0992 e. The summed E-state index contributed by atoms with van der Waals surface area (Å²) in [4.78, 5) is 0. The molecule has 1 aromatic carbocycles. The first kappa shape index (κ1) is 11.8. The van der Waals surface area contributed by atoms with E-state index in [1.54, 1.807) is 18.2 Å². The van der Waals surface area contributed by atoms with Gasteiger partial charge in [-0.15, -0.1) is 12.4 Å². The number of hydrogen-bond acceptors (Lipinski definition) is 3. The quantitative estimate of drug-likeness (QED) is 0.672. The average Bonchev–Trinajstić information content (AvgIpc) is 2.03. The van der Waals surface area contributed by atoms with Gasteiger partial charge in [-0.25, -0.2) is 0 Å². The van der Waals surface area contributed by atoms with Crippen molar-refractivity contribution in [3.05, 3.63) is 29.3 Å². The van der Waals surface area contributed by atoms with Gasteiger partial charge in [0, 0.05) is 11.7 Å². The molecule has 70 valence electrons. The minimum Gasteiger partial charge on any atom is -0.399 e. The van der Waals surface area contributed by atoms with E-state index in [0.29, 0.717) is 11.3 Å². The maximum Gasteiger partial charge on any atom is 0.0992 e. The molecule has 3 nitrogen and oxygen atoms in total. The van der Waals surface area contributed by atoms with E-state index >= 15 is 0 Å². The highest BCUT2D eigenvalue weighted by Gasteiger charge is 2.01. The molecule has 1 aromatic rings. The maximum absolute atomic E-state index is 8.62. The normalized spacial score (nSPS) is 11.2. The fourth-order valence-electron chi connectivity index (χ4n) is 1.00. The Labute approximate surface area is 83.8 Å². The lowest BCUT2D eigenvalue weighted by molar-refractivity contribution is 0.818. The van der Waals surface area contributed by atoms with Crippen molar-refractivity contribution in [2.45, 2.75) is 13.0 Å². The molecule has 1 unspecified atom stereocenters. The molecule has 0 spiro atoms. The van der Waals surface area contributed by atoms with Crippen molar-refractivity contribution in [3.8, 4) is 6.07 Å². The van der Waals surface area contributed by atoms with Crippen LogP contribution in [0.5, 0.6) is 0 Å². The second kappa shape index (κ2) is 4.70. The second-order valence-electron chi connectivity index (χ2n) is 2.79. The number of nitrogens with two attached hydrogens (primary N) is 2. The number of nitrogen functional groups attached to an aromatic ring is 1. The first-order valence-corrected chi connectivity index (χ1v) is 3.69. The lowest BCUT2D eigenvalue weighted by Gasteiger charge is -2.06. The third-order valence-corrected chi connectivity index (χ3v) is 1.63. The Morgan fingerprint density at radius 2 is 2.00 bits per heavy atom. The Hall–Kier alpha value is -1.24. The molecule has 0 radical (unpaired) electrons. The molecule has 0 saturated heterocycles. The number of hydrogen-bond donors (Lipinski definition) is 2. The third-order valence-electron chi connectivity index (χ3n) is 1.63. The lowest BCUT2D eigenvalue weighted by atomic mass is 10.1. The molecule has 1 rings (SSSR count). The summed E-state index contributed by atoms with van der Waals surface area (Å²) in [5.74, 6) is 0. The Kier molecular flexibility index (Phi) is 4.26. The van der Waals surface area contributed by atoms with Crippen LogP contribution in [0.2, 0.25) is 0 Å². The number of benzene rings is 1. The Morgan fingerprint density at radius 1 is 1.38 bits per heavy atom. The van der Waals surface area contributed by atoms with Crippen LogP contribution in [-0.4, -0.2) is 0 Å². The van der Waals surface area contributed by atoms with Crippen molar-refractivity contribution < 1.29 is 0 Å². The summed E-state index contributed by atoms with van der Waals surface area (Å²) in [5, 5.41) is 8.62. The van der Waals surface area contributed by atoms with E-state index < -0.39 is 0 Å². The van der Waals surface area contributed by atoms with Gasteiger partial charge < -0.3 is 11.5 Å². The van der Waals surface area contributed by atoms with Crippen molar-refractivity contribution in [2.75, 3.05) is 5.73 Å². The highest BCUT2D eigenvalue weighted by atomic mass is 35.5. The van der Waals surface area contributed by atoms with Crippen molar-refractivity contribution in [1.82, 2.24) is 0 Å². The first-order valence-electron chi connectivity index (χ1n) is 3.69. The van der Waals surface area contributed by atoms with Crippen LogP contribution < -0.4 is 11.5 Å². The van der Waals surface area contributed by atoms with Crippen LogP contribution in [0.4, 0.5) is 5.69 Å². The highest BCUT2D eigenvalue weighted by molar-refractivity contribution is 5.85. The summed E-state index contributed by atoms with van der Waals surface area (Å²) in [5.41, 5.74) is 13.2. The standard InChI is InChI=1S/C9H11N3.ClH/c1-6(11)8-2-7(5-10)3-9(12)4-8;/h2-4,6H,11-12H2,1H3;1H. The number of rotatable bonds is 1. The minimum absolute atomic E-state index is 0. The largest absolute Gasteiger partial charge is 0.399 e. The van der Waals surface area contributed by atoms with Crippen molar-refractivity contribution in [1.29, 1.82) is 5.26 Å². The molecule has 13 heavy (non-hydrogen) atoms. The molecule has 0 amide bonds. The molecule has 4 N–H and O–H groups in total. The fraction of sp³-hybridized carbons (Fsp3) is 0.222. The molecule has 0 bridgehead atoms. The van der Waals surface area contributed by atoms with Gasteiger partial charge in [0.15, 0.2) is 0 Å². The van der Waals surface area contributed by atoms with Gasteiger partial charge in [-0.05, 0) is 30.7 Å². The van der Waals surface area contributed by atoms with Crippen LogP contribution in [0.3, 0.4) is 0 Å². The SMILES string of the molecule is CC(N)c1cc(N)cc(C#N)c1.Cl. The van der Waals surface area contributed by atoms with Gasteiger partial charge in [-0.1, -0.05) is 0 Å². The predicted octanol–water partition coefficient (Wildman–Crippen LogP) is 1.58. The van der Waals surface area contributed by atoms with Gasteiger partial charge in [-0.3, -0.25) is 0 Å². The summed E-state index contributed by atoms with van der Waals surface area (Å²) >= 11 is 0. The van der Waals surface area contributed by atoms with Crippen LogP contribution in [-0.2, 0) is 0 Å². The highest BCUT2D eigenvalue weighted by Crippen LogP contribution is 2.16. The van der Waals surface area contributed by atoms with E-state index in [4.69, 9.17) is 16.7 Å². The van der Waals surface area contributed by atoms with Crippen LogP contribution in [0.15, 0.2) is 18.2 Å². The Bertz CT molecular complexity index is 328. The van der Waals surface area contributed by atoms with Gasteiger partial charge in [0.25, 0.3) is 0 Å². The Morgan fingerprint density at radius 3 is 2.46 bits per heavy atom. The van der Waals surface area contributed by atoms with E-state index in [1.807, 2.05) is 13.0 Å². The molecule has 0 aliphatic heterocycles. The second-order valence-corrected chi connectivity index (χ2v) is 2.79. The zero-order chi connectivity index (χ0) is 9.14. The van der Waals surface area contributed by atoms with Gasteiger partial charge in [0.2, 0.25) is 0 Å². The van der Waals surface area contributed by atoms with E-state index in [1.165, 1.54) is 0 Å². The number of nitrogens with zero attached hydrogens (tertiary/aromatic N) is 1. The van der Waals surface area contributed by atoms with E-state index in [9.17, 15) is 0 Å². The summed E-state index contributed by atoms with van der Waals surface area (Å²) in [6.45, 7) is 1.86. The maximum atomic E-state index is 8.62. The molecule has 0 saturated carbocycles. The molecule has 0 aliphatic carbocycles.